The van der Waals surface area contributed by atoms with Crippen LogP contribution in [0, 0.1) is 0 Å². The summed E-state index contributed by atoms with van der Waals surface area (Å²) in [5.74, 6) is -0.279. The van der Waals surface area contributed by atoms with Crippen molar-refractivity contribution in [1.82, 2.24) is 19.9 Å². The summed E-state index contributed by atoms with van der Waals surface area (Å²) in [5, 5.41) is 14.7. The van der Waals surface area contributed by atoms with E-state index < -0.39 is 17.8 Å². The average molecular weight is 445 g/mol. The van der Waals surface area contributed by atoms with E-state index in [1.807, 2.05) is 0 Å². The molecule has 0 aliphatic heterocycles. The zero-order chi connectivity index (χ0) is 22.0. The number of imidazole rings is 1. The van der Waals surface area contributed by atoms with Crippen LogP contribution in [0.5, 0.6) is 0 Å². The van der Waals surface area contributed by atoms with E-state index in [1.165, 1.54) is 35.9 Å². The highest BCUT2D eigenvalue weighted by Crippen LogP contribution is 2.32. The molecule has 158 valence electrons. The number of nitrogens with zero attached hydrogens (tertiary/aromatic N) is 3. The molecule has 4 aromatic rings. The number of halogens is 3. The molecule has 1 amide bonds. The first kappa shape index (κ1) is 20.7. The Morgan fingerprint density at radius 3 is 2.68 bits per heavy atom. The fraction of sp³-hybridized carbons (Fsp3) is 0.100. The number of aliphatic hydroxyl groups is 1. The fourth-order valence-electron chi connectivity index (χ4n) is 2.79. The van der Waals surface area contributed by atoms with Gasteiger partial charge in [-0.3, -0.25) is 9.78 Å². The molecule has 0 bridgehead atoms. The van der Waals surface area contributed by atoms with Crippen LogP contribution in [0.1, 0.15) is 33.5 Å². The first-order valence-corrected chi connectivity index (χ1v) is 9.82. The summed E-state index contributed by atoms with van der Waals surface area (Å²) in [6, 6.07) is 7.68. The van der Waals surface area contributed by atoms with Crippen molar-refractivity contribution in [2.45, 2.75) is 12.3 Å². The molecule has 1 aromatic carbocycles. The van der Waals surface area contributed by atoms with Gasteiger partial charge in [0, 0.05) is 11.6 Å². The lowest BCUT2D eigenvalue weighted by Gasteiger charge is -2.12. The normalized spacial score (nSPS) is 12.5. The number of amides is 1. The molecule has 11 heteroatoms. The zero-order valence-electron chi connectivity index (χ0n) is 15.6. The molecular formula is C20H14F3N5O2S. The third-order valence-corrected chi connectivity index (χ3v) is 4.92. The molecule has 3 N–H and O–H groups in total. The highest BCUT2D eigenvalue weighted by molar-refractivity contribution is 7.07. The largest absolute Gasteiger partial charge is 0.416 e. The van der Waals surface area contributed by atoms with Crippen molar-refractivity contribution in [3.63, 3.8) is 0 Å². The van der Waals surface area contributed by atoms with Gasteiger partial charge in [-0.2, -0.15) is 13.2 Å². The van der Waals surface area contributed by atoms with Crippen LogP contribution in [0.3, 0.4) is 0 Å². The Morgan fingerprint density at radius 1 is 1.16 bits per heavy atom. The lowest BCUT2D eigenvalue weighted by Crippen LogP contribution is -2.12. The number of nitrogens with one attached hydrogen (secondary N) is 2. The highest BCUT2D eigenvalue weighted by Gasteiger charge is 2.31. The molecule has 0 spiro atoms. The number of H-pyrrole nitrogens is 1. The maximum absolute atomic E-state index is 12.9. The number of carbonyl (C=O) groups excluding carboxylic acids is 1. The third kappa shape index (κ3) is 4.62. The fourth-order valence-corrected chi connectivity index (χ4v) is 3.32. The standard InChI is InChI=1S/C20H14F3N5O2S/c21-20(22,23)12-3-1-2-11(6-12)17(29)18-25-8-15(28-18)14-5-4-13(7-24-14)27-19(30)16-9-31-10-26-16/h1-10,17,29H,(H,25,28)(H,27,30). The maximum Gasteiger partial charge on any atom is 0.416 e. The number of aromatic amines is 1. The van der Waals surface area contributed by atoms with Crippen LogP contribution in [-0.2, 0) is 6.18 Å². The van der Waals surface area contributed by atoms with Crippen molar-refractivity contribution in [1.29, 1.82) is 0 Å². The molecule has 3 aromatic heterocycles. The van der Waals surface area contributed by atoms with E-state index in [0.29, 0.717) is 22.8 Å². The summed E-state index contributed by atoms with van der Waals surface area (Å²) >= 11 is 1.31. The van der Waals surface area contributed by atoms with Crippen LogP contribution in [0.4, 0.5) is 18.9 Å². The van der Waals surface area contributed by atoms with Crippen molar-refractivity contribution in [2.75, 3.05) is 5.32 Å². The Bertz CT molecular complexity index is 1190. The Balaban J connectivity index is 1.49. The Labute approximate surface area is 177 Å². The number of aromatic nitrogens is 4. The molecule has 1 atom stereocenters. The van der Waals surface area contributed by atoms with Crippen molar-refractivity contribution >= 4 is 22.9 Å². The monoisotopic (exact) mass is 445 g/mol. The van der Waals surface area contributed by atoms with Gasteiger partial charge in [-0.25, -0.2) is 9.97 Å². The quantitative estimate of drug-likeness (QED) is 0.425. The molecule has 0 saturated carbocycles. The minimum atomic E-state index is -4.51. The van der Waals surface area contributed by atoms with E-state index in [1.54, 1.807) is 23.0 Å². The van der Waals surface area contributed by atoms with E-state index in [4.69, 9.17) is 0 Å². The van der Waals surface area contributed by atoms with Crippen LogP contribution in [0.25, 0.3) is 11.4 Å². The molecule has 0 radical (unpaired) electrons. The Kier molecular flexibility index (Phi) is 5.53. The average Bonchev–Trinajstić information content (AvgIpc) is 3.46. The van der Waals surface area contributed by atoms with Gasteiger partial charge in [-0.15, -0.1) is 11.3 Å². The van der Waals surface area contributed by atoms with Gasteiger partial charge in [-0.05, 0) is 29.8 Å². The van der Waals surface area contributed by atoms with Gasteiger partial charge in [0.05, 0.1) is 28.7 Å². The Hall–Kier alpha value is -3.57. The van der Waals surface area contributed by atoms with Gasteiger partial charge in [0.15, 0.2) is 0 Å². The summed E-state index contributed by atoms with van der Waals surface area (Å²) < 4.78 is 38.7. The summed E-state index contributed by atoms with van der Waals surface area (Å²) in [4.78, 5) is 27.2. The number of alkyl halides is 3. The maximum atomic E-state index is 12.9. The van der Waals surface area contributed by atoms with Gasteiger partial charge in [-0.1, -0.05) is 12.1 Å². The number of carbonyl (C=O) groups is 1. The van der Waals surface area contributed by atoms with Crippen LogP contribution in [-0.4, -0.2) is 30.9 Å². The lowest BCUT2D eigenvalue weighted by atomic mass is 10.1. The minimum Gasteiger partial charge on any atom is -0.380 e. The smallest absolute Gasteiger partial charge is 0.380 e. The predicted molar refractivity (Wildman–Crippen MR) is 107 cm³/mol. The van der Waals surface area contributed by atoms with Crippen molar-refractivity contribution in [3.8, 4) is 11.4 Å². The molecular weight excluding hydrogens is 431 g/mol. The van der Waals surface area contributed by atoms with Crippen molar-refractivity contribution in [2.24, 2.45) is 0 Å². The van der Waals surface area contributed by atoms with E-state index in [-0.39, 0.29) is 17.3 Å². The van der Waals surface area contributed by atoms with Gasteiger partial charge in [0.1, 0.15) is 23.3 Å². The molecule has 4 rings (SSSR count). The Morgan fingerprint density at radius 2 is 2.00 bits per heavy atom. The number of aliphatic hydroxyl groups excluding tert-OH is 1. The van der Waals surface area contributed by atoms with Crippen LogP contribution >= 0.6 is 11.3 Å². The summed E-state index contributed by atoms with van der Waals surface area (Å²) in [6.07, 6.45) is -2.95. The van der Waals surface area contributed by atoms with E-state index in [9.17, 15) is 23.1 Å². The van der Waals surface area contributed by atoms with Gasteiger partial charge >= 0.3 is 6.18 Å². The summed E-state index contributed by atoms with van der Waals surface area (Å²) in [6.45, 7) is 0. The van der Waals surface area contributed by atoms with Crippen molar-refractivity contribution in [3.05, 3.63) is 82.3 Å². The van der Waals surface area contributed by atoms with Crippen molar-refractivity contribution < 1.29 is 23.1 Å². The minimum absolute atomic E-state index is 0.0591. The molecule has 0 aliphatic rings. The summed E-state index contributed by atoms with van der Waals surface area (Å²) in [7, 11) is 0. The SMILES string of the molecule is O=C(Nc1ccc(-c2c[nH]c(C(O)c3cccc(C(F)(F)F)c3)n2)nc1)c1cscn1. The van der Waals surface area contributed by atoms with Gasteiger partial charge in [0.2, 0.25) is 0 Å². The van der Waals surface area contributed by atoms with Crippen LogP contribution in [0.2, 0.25) is 0 Å². The second kappa shape index (κ2) is 8.28. The van der Waals surface area contributed by atoms with E-state index in [2.05, 4.69) is 25.3 Å². The molecule has 7 nitrogen and oxygen atoms in total. The van der Waals surface area contributed by atoms with Crippen LogP contribution in [0.15, 0.2) is 59.7 Å². The number of pyridine rings is 1. The zero-order valence-corrected chi connectivity index (χ0v) is 16.4. The van der Waals surface area contributed by atoms with E-state index >= 15 is 0 Å². The number of thiazole rings is 1. The molecule has 1 unspecified atom stereocenters. The summed E-state index contributed by atoms with van der Waals surface area (Å²) in [5.41, 5.74) is 2.36. The number of hydrogen-bond acceptors (Lipinski definition) is 6. The lowest BCUT2D eigenvalue weighted by molar-refractivity contribution is -0.137. The first-order valence-electron chi connectivity index (χ1n) is 8.88. The molecule has 0 saturated heterocycles. The molecule has 0 fully saturated rings. The first-order chi connectivity index (χ1) is 14.8. The van der Waals surface area contributed by atoms with Crippen LogP contribution < -0.4 is 5.32 Å². The van der Waals surface area contributed by atoms with Gasteiger partial charge in [0.25, 0.3) is 5.91 Å². The molecule has 31 heavy (non-hydrogen) atoms. The second-order valence-corrected chi connectivity index (χ2v) is 7.18. The van der Waals surface area contributed by atoms with E-state index in [0.717, 1.165) is 12.1 Å². The highest BCUT2D eigenvalue weighted by atomic mass is 32.1. The second-order valence-electron chi connectivity index (χ2n) is 6.46. The molecule has 3 heterocycles. The third-order valence-electron chi connectivity index (χ3n) is 4.34. The van der Waals surface area contributed by atoms with Gasteiger partial charge < -0.3 is 15.4 Å². The number of hydrogen-bond donors (Lipinski definition) is 3. The number of benzene rings is 1. The topological polar surface area (TPSA) is 104 Å². The molecule has 0 aliphatic carbocycles. The number of anilines is 1. The number of rotatable bonds is 5. The predicted octanol–water partition coefficient (Wildman–Crippen LogP) is 4.28.